The molecule has 0 aliphatic rings. The Kier molecular flexibility index (Phi) is 8.26. The monoisotopic (exact) mass is 688 g/mol. The lowest BCUT2D eigenvalue weighted by Gasteiger charge is -2.21. The van der Waals surface area contributed by atoms with Crippen LogP contribution in [0.25, 0.3) is 10.9 Å². The summed E-state index contributed by atoms with van der Waals surface area (Å²) in [6.07, 6.45) is 1.66. The van der Waals surface area contributed by atoms with E-state index in [-0.39, 0.29) is 5.56 Å². The molecule has 0 fully saturated rings. The summed E-state index contributed by atoms with van der Waals surface area (Å²) in [5.74, 6) is 1.24. The van der Waals surface area contributed by atoms with Gasteiger partial charge in [0.1, 0.15) is 18.2 Å². The first kappa shape index (κ1) is 27.5. The van der Waals surface area contributed by atoms with Crippen molar-refractivity contribution in [1.29, 1.82) is 0 Å². The molecule has 1 heterocycles. The van der Waals surface area contributed by atoms with Crippen molar-refractivity contribution in [3.8, 4) is 5.75 Å². The molecule has 0 N–H and O–H groups in total. The van der Waals surface area contributed by atoms with Crippen molar-refractivity contribution < 1.29 is 4.74 Å². The van der Waals surface area contributed by atoms with Gasteiger partial charge in [-0.2, -0.15) is 9.78 Å². The van der Waals surface area contributed by atoms with Crippen molar-refractivity contribution in [2.24, 2.45) is 5.10 Å². The number of benzene rings is 3. The second-order valence-electron chi connectivity index (χ2n) is 9.85. The summed E-state index contributed by atoms with van der Waals surface area (Å²) < 4.78 is 10.4. The molecule has 0 saturated carbocycles. The van der Waals surface area contributed by atoms with E-state index in [2.05, 4.69) is 52.9 Å². The molecular formula is C28H27Br3N4O2. The van der Waals surface area contributed by atoms with Crippen molar-refractivity contribution in [1.82, 2.24) is 9.66 Å². The Morgan fingerprint density at radius 2 is 1.70 bits per heavy atom. The summed E-state index contributed by atoms with van der Waals surface area (Å²) in [4.78, 5) is 20.3. The smallest absolute Gasteiger partial charge is 0.282 e. The van der Waals surface area contributed by atoms with Crippen LogP contribution in [-0.4, -0.2) is 30.0 Å². The van der Waals surface area contributed by atoms with Crippen LogP contribution in [0.1, 0.15) is 37.7 Å². The second-order valence-corrected chi connectivity index (χ2v) is 12.5. The Bertz CT molecular complexity index is 1560. The van der Waals surface area contributed by atoms with Crippen LogP contribution >= 0.6 is 47.8 Å². The fourth-order valence-electron chi connectivity index (χ4n) is 3.69. The fourth-order valence-corrected chi connectivity index (χ4v) is 5.21. The number of anilines is 1. The minimum absolute atomic E-state index is 0.223. The van der Waals surface area contributed by atoms with Crippen LogP contribution in [-0.2, 0) is 12.0 Å². The zero-order chi connectivity index (χ0) is 26.9. The zero-order valence-electron chi connectivity index (χ0n) is 21.2. The quantitative estimate of drug-likeness (QED) is 0.197. The van der Waals surface area contributed by atoms with E-state index >= 15 is 0 Å². The Morgan fingerprint density at radius 3 is 2.38 bits per heavy atom. The average Bonchev–Trinajstić information content (AvgIpc) is 2.82. The molecule has 9 heteroatoms. The first-order valence-corrected chi connectivity index (χ1v) is 14.0. The first-order valence-electron chi connectivity index (χ1n) is 11.6. The molecule has 0 atom stereocenters. The molecule has 0 bridgehead atoms. The third-order valence-electron chi connectivity index (χ3n) is 5.70. The zero-order valence-corrected chi connectivity index (χ0v) is 26.0. The Hall–Kier alpha value is -2.49. The van der Waals surface area contributed by atoms with Crippen LogP contribution in [0.15, 0.2) is 77.9 Å². The molecule has 0 amide bonds. The summed E-state index contributed by atoms with van der Waals surface area (Å²) in [7, 11) is 3.96. The summed E-state index contributed by atoms with van der Waals surface area (Å²) in [5.41, 5.74) is 2.77. The van der Waals surface area contributed by atoms with Gasteiger partial charge in [-0.05, 0) is 42.5 Å². The first-order chi connectivity index (χ1) is 17.4. The van der Waals surface area contributed by atoms with E-state index in [0.717, 1.165) is 30.2 Å². The van der Waals surface area contributed by atoms with Gasteiger partial charge in [0.05, 0.1) is 17.1 Å². The Labute approximate surface area is 241 Å². The highest BCUT2D eigenvalue weighted by Gasteiger charge is 2.23. The minimum Gasteiger partial charge on any atom is -0.488 e. The molecule has 6 nitrogen and oxygen atoms in total. The minimum atomic E-state index is -0.403. The third-order valence-corrected chi connectivity index (χ3v) is 7.43. The SMILES string of the molecule is CN(C)c1ccc(C=Nn2c(C(C)(C)C)nc3ccc(Br)cc3c2=O)c(OCc2ccc(Br)cc2Br)c1. The highest BCUT2D eigenvalue weighted by atomic mass is 79.9. The van der Waals surface area contributed by atoms with Crippen LogP contribution in [0.3, 0.4) is 0 Å². The fraction of sp³-hybridized carbons (Fsp3) is 0.250. The van der Waals surface area contributed by atoms with E-state index in [0.29, 0.717) is 29.1 Å². The summed E-state index contributed by atoms with van der Waals surface area (Å²) in [6, 6.07) is 17.4. The lowest BCUT2D eigenvalue weighted by Crippen LogP contribution is -2.29. The van der Waals surface area contributed by atoms with Crippen LogP contribution in [0, 0.1) is 0 Å². The number of hydrogen-bond donors (Lipinski definition) is 0. The number of hydrogen-bond acceptors (Lipinski definition) is 5. The van der Waals surface area contributed by atoms with Gasteiger partial charge in [-0.3, -0.25) is 4.79 Å². The highest BCUT2D eigenvalue weighted by molar-refractivity contribution is 9.11. The number of rotatable bonds is 6. The van der Waals surface area contributed by atoms with Gasteiger partial charge in [-0.15, -0.1) is 0 Å². The van der Waals surface area contributed by atoms with Gasteiger partial charge >= 0.3 is 0 Å². The van der Waals surface area contributed by atoms with Crippen molar-refractivity contribution >= 4 is 70.6 Å². The van der Waals surface area contributed by atoms with E-state index in [9.17, 15) is 4.79 Å². The summed E-state index contributed by atoms with van der Waals surface area (Å²) >= 11 is 10.5. The number of ether oxygens (including phenoxy) is 1. The molecule has 0 aliphatic heterocycles. The van der Waals surface area contributed by atoms with Crippen LogP contribution < -0.4 is 15.2 Å². The van der Waals surface area contributed by atoms with E-state index < -0.39 is 5.41 Å². The number of nitrogens with zero attached hydrogens (tertiary/aromatic N) is 4. The van der Waals surface area contributed by atoms with Crippen molar-refractivity contribution in [3.63, 3.8) is 0 Å². The normalized spacial score (nSPS) is 11.9. The lowest BCUT2D eigenvalue weighted by molar-refractivity contribution is 0.305. The maximum Gasteiger partial charge on any atom is 0.282 e. The molecule has 1 aromatic heterocycles. The number of fused-ring (bicyclic) bond motifs is 1. The van der Waals surface area contributed by atoms with Gasteiger partial charge in [0.15, 0.2) is 0 Å². The standard InChI is InChI=1S/C28H27Br3N4O2/c1-28(2,3)27-33-24-11-9-19(29)12-22(24)26(36)35(27)32-15-17-7-10-21(34(4)5)14-25(17)37-16-18-6-8-20(30)13-23(18)31/h6-15H,16H2,1-5H3. The van der Waals surface area contributed by atoms with Gasteiger partial charge in [0, 0.05) is 55.8 Å². The summed E-state index contributed by atoms with van der Waals surface area (Å²) in [5, 5.41) is 5.13. The van der Waals surface area contributed by atoms with Crippen molar-refractivity contribution in [2.45, 2.75) is 32.8 Å². The average molecular weight is 691 g/mol. The molecule has 0 spiro atoms. The molecular weight excluding hydrogens is 664 g/mol. The van der Waals surface area contributed by atoms with E-state index in [1.165, 1.54) is 4.68 Å². The van der Waals surface area contributed by atoms with Gasteiger partial charge in [-0.1, -0.05) is 74.6 Å². The van der Waals surface area contributed by atoms with Gasteiger partial charge in [0.25, 0.3) is 5.56 Å². The van der Waals surface area contributed by atoms with Crippen LogP contribution in [0.4, 0.5) is 5.69 Å². The summed E-state index contributed by atoms with van der Waals surface area (Å²) in [6.45, 7) is 6.41. The third kappa shape index (κ3) is 6.33. The molecule has 192 valence electrons. The Morgan fingerprint density at radius 1 is 1.00 bits per heavy atom. The Balaban J connectivity index is 1.78. The van der Waals surface area contributed by atoms with Crippen molar-refractivity contribution in [2.75, 3.05) is 19.0 Å². The molecule has 0 saturated heterocycles. The maximum atomic E-state index is 13.5. The maximum absolute atomic E-state index is 13.5. The van der Waals surface area contributed by atoms with Gasteiger partial charge in [0.2, 0.25) is 0 Å². The number of halogens is 3. The van der Waals surface area contributed by atoms with Crippen LogP contribution in [0.5, 0.6) is 5.75 Å². The predicted molar refractivity (Wildman–Crippen MR) is 162 cm³/mol. The largest absolute Gasteiger partial charge is 0.488 e. The molecule has 37 heavy (non-hydrogen) atoms. The molecule has 0 aliphatic carbocycles. The van der Waals surface area contributed by atoms with Gasteiger partial charge < -0.3 is 9.64 Å². The van der Waals surface area contributed by atoms with E-state index in [4.69, 9.17) is 9.72 Å². The van der Waals surface area contributed by atoms with Gasteiger partial charge in [-0.25, -0.2) is 4.98 Å². The predicted octanol–water partition coefficient (Wildman–Crippen LogP) is 7.51. The molecule has 0 radical (unpaired) electrons. The van der Waals surface area contributed by atoms with Crippen molar-refractivity contribution in [3.05, 3.63) is 95.3 Å². The van der Waals surface area contributed by atoms with Crippen LogP contribution in [0.2, 0.25) is 0 Å². The number of aromatic nitrogens is 2. The molecule has 4 rings (SSSR count). The highest BCUT2D eigenvalue weighted by Crippen LogP contribution is 2.28. The van der Waals surface area contributed by atoms with E-state index in [1.807, 2.05) is 88.3 Å². The molecule has 3 aromatic carbocycles. The second kappa shape index (κ2) is 11.1. The molecule has 4 aromatic rings. The van der Waals surface area contributed by atoms with E-state index in [1.54, 1.807) is 12.3 Å². The lowest BCUT2D eigenvalue weighted by atomic mass is 9.95. The molecule has 0 unspecified atom stereocenters. The topological polar surface area (TPSA) is 59.7 Å².